The molecule has 37 heavy (non-hydrogen) atoms. The topological polar surface area (TPSA) is 88.4 Å². The van der Waals surface area contributed by atoms with Crippen LogP contribution in [0.3, 0.4) is 0 Å². The van der Waals surface area contributed by atoms with Crippen molar-refractivity contribution in [3.05, 3.63) is 83.5 Å². The van der Waals surface area contributed by atoms with Crippen molar-refractivity contribution in [2.45, 2.75) is 32.7 Å². The Balaban J connectivity index is 1.75. The number of halogens is 1. The molecule has 0 N–H and O–H groups in total. The van der Waals surface area contributed by atoms with Crippen LogP contribution in [0.15, 0.2) is 57.5 Å². The molecule has 5 rings (SSSR count). The van der Waals surface area contributed by atoms with Crippen molar-refractivity contribution in [3.63, 3.8) is 0 Å². The predicted octanol–water partition coefficient (Wildman–Crippen LogP) is 3.97. The molecule has 0 fully saturated rings. The number of methoxy groups -OCH3 is 1. The van der Waals surface area contributed by atoms with E-state index in [9.17, 15) is 9.59 Å². The minimum atomic E-state index is -0.721. The zero-order valence-corrected chi connectivity index (χ0v) is 22.1. The minimum absolute atomic E-state index is 0.120. The number of fused-ring (bicyclic) bond motifs is 2. The fourth-order valence-electron chi connectivity index (χ4n) is 4.43. The normalized spacial score (nSPS) is 16.4. The summed E-state index contributed by atoms with van der Waals surface area (Å²) in [6.07, 6.45) is 3.05. The first kappa shape index (κ1) is 25.1. The van der Waals surface area contributed by atoms with E-state index in [2.05, 4.69) is 0 Å². The number of carbonyl (C=O) groups is 1. The van der Waals surface area contributed by atoms with Gasteiger partial charge in [0.25, 0.3) is 5.56 Å². The van der Waals surface area contributed by atoms with E-state index in [-0.39, 0.29) is 19.0 Å². The van der Waals surface area contributed by atoms with Crippen LogP contribution < -0.4 is 29.1 Å². The maximum absolute atomic E-state index is 13.9. The summed E-state index contributed by atoms with van der Waals surface area (Å²) in [5.74, 6) is 1.25. The number of benzene rings is 2. The van der Waals surface area contributed by atoms with Crippen molar-refractivity contribution >= 4 is 35.0 Å². The third-order valence-corrected chi connectivity index (χ3v) is 7.39. The Hall–Kier alpha value is -3.56. The molecular weight excluding hydrogens is 516 g/mol. The average Bonchev–Trinajstić information content (AvgIpc) is 3.47. The minimum Gasteiger partial charge on any atom is -0.497 e. The van der Waals surface area contributed by atoms with Crippen LogP contribution in [-0.4, -0.2) is 31.0 Å². The van der Waals surface area contributed by atoms with Gasteiger partial charge in [-0.15, -0.1) is 0 Å². The highest BCUT2D eigenvalue weighted by Gasteiger charge is 2.34. The van der Waals surface area contributed by atoms with Gasteiger partial charge >= 0.3 is 5.97 Å². The van der Waals surface area contributed by atoms with Crippen LogP contribution in [-0.2, 0) is 9.53 Å². The first-order chi connectivity index (χ1) is 17.9. The number of rotatable bonds is 7. The van der Waals surface area contributed by atoms with E-state index in [4.69, 9.17) is 35.5 Å². The average molecular weight is 541 g/mol. The zero-order valence-electron chi connectivity index (χ0n) is 20.6. The molecule has 1 aromatic heterocycles. The number of esters is 1. The molecule has 1 unspecified atom stereocenters. The summed E-state index contributed by atoms with van der Waals surface area (Å²) >= 11 is 7.72. The molecule has 192 valence electrons. The number of nitrogens with zero attached hydrogens (tertiary/aromatic N) is 2. The van der Waals surface area contributed by atoms with E-state index in [1.807, 2.05) is 31.2 Å². The lowest BCUT2D eigenvalue weighted by molar-refractivity contribution is -0.139. The smallest absolute Gasteiger partial charge is 0.338 e. The van der Waals surface area contributed by atoms with Crippen LogP contribution >= 0.6 is 22.9 Å². The Labute approximate surface area is 222 Å². The van der Waals surface area contributed by atoms with Gasteiger partial charge in [-0.25, -0.2) is 9.79 Å². The molecule has 0 radical (unpaired) electrons. The molecular formula is C27H25ClN2O6S. The Morgan fingerprint density at radius 3 is 2.76 bits per heavy atom. The molecule has 1 atom stereocenters. The summed E-state index contributed by atoms with van der Waals surface area (Å²) in [4.78, 5) is 32.4. The second kappa shape index (κ2) is 10.4. The number of hydrogen-bond donors (Lipinski definition) is 0. The van der Waals surface area contributed by atoms with Gasteiger partial charge in [-0.2, -0.15) is 0 Å². The lowest BCUT2D eigenvalue weighted by Crippen LogP contribution is -2.40. The SMILES string of the molecule is CCCC1=C(C(=O)OCC)C(c2cccc(OC)c2)n2c(s/c(=C/c3cc4c(cc3Cl)OCO4)c2=O)=N1. The number of hydrogen-bond acceptors (Lipinski definition) is 8. The zero-order chi connectivity index (χ0) is 26.1. The Kier molecular flexibility index (Phi) is 7.08. The van der Waals surface area contributed by atoms with E-state index >= 15 is 0 Å². The van der Waals surface area contributed by atoms with Gasteiger partial charge < -0.3 is 18.9 Å². The fourth-order valence-corrected chi connectivity index (χ4v) is 5.65. The standard InChI is InChI=1S/C27H25ClN2O6S/c1-4-7-19-23(26(32)34-5-2)24(15-8-6-9-17(10-15)33-3)30-25(31)22(37-27(30)29-19)12-16-11-20-21(13-18(16)28)36-14-35-20/h6,8-13,24H,4-5,7,14H2,1-3H3/b22-12+. The monoisotopic (exact) mass is 540 g/mol. The molecule has 2 aliphatic heterocycles. The molecule has 0 bridgehead atoms. The Morgan fingerprint density at radius 2 is 2.03 bits per heavy atom. The van der Waals surface area contributed by atoms with Crippen molar-refractivity contribution < 1.29 is 23.7 Å². The summed E-state index contributed by atoms with van der Waals surface area (Å²) in [7, 11) is 1.57. The second-order valence-corrected chi connectivity index (χ2v) is 9.83. The maximum atomic E-state index is 13.9. The maximum Gasteiger partial charge on any atom is 0.338 e. The molecule has 3 aromatic rings. The van der Waals surface area contributed by atoms with Crippen LogP contribution in [0.25, 0.3) is 6.08 Å². The van der Waals surface area contributed by atoms with Gasteiger partial charge in [-0.05, 0) is 48.7 Å². The van der Waals surface area contributed by atoms with Crippen molar-refractivity contribution in [1.29, 1.82) is 0 Å². The van der Waals surface area contributed by atoms with Gasteiger partial charge in [0.15, 0.2) is 16.3 Å². The number of aromatic nitrogens is 1. The van der Waals surface area contributed by atoms with Crippen LogP contribution in [0.5, 0.6) is 17.2 Å². The quantitative estimate of drug-likeness (QED) is 0.421. The summed E-state index contributed by atoms with van der Waals surface area (Å²) in [5, 5.41) is 0.429. The van der Waals surface area contributed by atoms with E-state index < -0.39 is 12.0 Å². The first-order valence-corrected chi connectivity index (χ1v) is 13.1. The molecule has 0 amide bonds. The van der Waals surface area contributed by atoms with Gasteiger partial charge in [-0.1, -0.05) is 48.4 Å². The summed E-state index contributed by atoms with van der Waals surface area (Å²) in [6, 6.07) is 10.0. The molecule has 3 heterocycles. The van der Waals surface area contributed by atoms with Crippen LogP contribution in [0, 0.1) is 0 Å². The molecule has 0 aliphatic carbocycles. The molecule has 0 spiro atoms. The predicted molar refractivity (Wildman–Crippen MR) is 140 cm³/mol. The van der Waals surface area contributed by atoms with Crippen LogP contribution in [0.4, 0.5) is 0 Å². The van der Waals surface area contributed by atoms with Gasteiger partial charge in [-0.3, -0.25) is 9.36 Å². The van der Waals surface area contributed by atoms with Gasteiger partial charge in [0.2, 0.25) is 6.79 Å². The van der Waals surface area contributed by atoms with E-state index in [1.54, 1.807) is 36.8 Å². The van der Waals surface area contributed by atoms with Gasteiger partial charge in [0.05, 0.1) is 40.6 Å². The van der Waals surface area contributed by atoms with Gasteiger partial charge in [0, 0.05) is 6.07 Å². The molecule has 10 heteroatoms. The largest absolute Gasteiger partial charge is 0.497 e. The summed E-state index contributed by atoms with van der Waals surface area (Å²) < 4.78 is 23.7. The highest BCUT2D eigenvalue weighted by Crippen LogP contribution is 2.37. The lowest BCUT2D eigenvalue weighted by atomic mass is 9.94. The van der Waals surface area contributed by atoms with Gasteiger partial charge in [0.1, 0.15) is 5.75 Å². The molecule has 2 aromatic carbocycles. The van der Waals surface area contributed by atoms with Crippen LogP contribution in [0.1, 0.15) is 43.9 Å². The number of ether oxygens (including phenoxy) is 4. The van der Waals surface area contributed by atoms with Crippen molar-refractivity contribution in [1.82, 2.24) is 4.57 Å². The number of carbonyl (C=O) groups excluding carboxylic acids is 1. The molecule has 8 nitrogen and oxygen atoms in total. The van der Waals surface area contributed by atoms with Crippen LogP contribution in [0.2, 0.25) is 5.02 Å². The molecule has 0 saturated carbocycles. The number of allylic oxidation sites excluding steroid dienone is 1. The number of thiazole rings is 1. The second-order valence-electron chi connectivity index (χ2n) is 8.42. The highest BCUT2D eigenvalue weighted by molar-refractivity contribution is 7.07. The van der Waals surface area contributed by atoms with Crippen molar-refractivity contribution in [2.75, 3.05) is 20.5 Å². The van der Waals surface area contributed by atoms with E-state index in [1.165, 1.54) is 11.3 Å². The van der Waals surface area contributed by atoms with Crippen molar-refractivity contribution in [2.24, 2.45) is 4.99 Å². The summed E-state index contributed by atoms with van der Waals surface area (Å²) in [6.45, 7) is 4.10. The van der Waals surface area contributed by atoms with E-state index in [0.717, 1.165) is 12.0 Å². The third kappa shape index (κ3) is 4.65. The fraction of sp³-hybridized carbons (Fsp3) is 0.296. The third-order valence-electron chi connectivity index (χ3n) is 6.08. The van der Waals surface area contributed by atoms with Crippen molar-refractivity contribution in [3.8, 4) is 17.2 Å². The Morgan fingerprint density at radius 1 is 1.24 bits per heavy atom. The lowest BCUT2D eigenvalue weighted by Gasteiger charge is -2.26. The highest BCUT2D eigenvalue weighted by atomic mass is 35.5. The first-order valence-electron chi connectivity index (χ1n) is 11.9. The van der Waals surface area contributed by atoms with E-state index in [0.29, 0.717) is 54.9 Å². The molecule has 2 aliphatic rings. The Bertz CT molecular complexity index is 1590. The summed E-state index contributed by atoms with van der Waals surface area (Å²) in [5.41, 5.74) is 2.02. The molecule has 0 saturated heterocycles.